The molecule has 0 amide bonds. The van der Waals surface area contributed by atoms with Gasteiger partial charge < -0.3 is 10.1 Å². The maximum atomic E-state index is 5.49. The zero-order valence-electron chi connectivity index (χ0n) is 11.4. The molecule has 4 heteroatoms. The third-order valence-corrected chi connectivity index (χ3v) is 2.79. The lowest BCUT2D eigenvalue weighted by molar-refractivity contribution is 0.0698. The average Bonchev–Trinajstić information content (AvgIpc) is 2.29. The fourth-order valence-electron chi connectivity index (χ4n) is 1.86. The van der Waals surface area contributed by atoms with Crippen molar-refractivity contribution in [1.29, 1.82) is 0 Å². The van der Waals surface area contributed by atoms with E-state index >= 15 is 0 Å². The molecular formula is C13H23N3O. The minimum atomic E-state index is -0.0396. The van der Waals surface area contributed by atoms with Gasteiger partial charge in [-0.25, -0.2) is 9.97 Å². The lowest BCUT2D eigenvalue weighted by Crippen LogP contribution is -2.20. The molecule has 0 spiro atoms. The highest BCUT2D eigenvalue weighted by Crippen LogP contribution is 2.18. The van der Waals surface area contributed by atoms with Crippen LogP contribution >= 0.6 is 0 Å². The summed E-state index contributed by atoms with van der Waals surface area (Å²) in [5, 5.41) is 3.37. The molecular weight excluding hydrogens is 214 g/mol. The van der Waals surface area contributed by atoms with Gasteiger partial charge in [0.15, 0.2) is 5.82 Å². The van der Waals surface area contributed by atoms with Crippen LogP contribution in [0.1, 0.15) is 56.9 Å². The summed E-state index contributed by atoms with van der Waals surface area (Å²) in [7, 11) is 0. The molecule has 1 heterocycles. The Hall–Kier alpha value is -1.00. The summed E-state index contributed by atoms with van der Waals surface area (Å²) in [6, 6.07) is 0.288. The largest absolute Gasteiger partial charge is 0.371 e. The van der Waals surface area contributed by atoms with Crippen molar-refractivity contribution >= 4 is 0 Å². The molecule has 0 aliphatic rings. The van der Waals surface area contributed by atoms with E-state index in [9.17, 15) is 0 Å². The highest BCUT2D eigenvalue weighted by Gasteiger charge is 2.13. The fourth-order valence-corrected chi connectivity index (χ4v) is 1.86. The third-order valence-electron chi connectivity index (χ3n) is 2.79. The van der Waals surface area contributed by atoms with Crippen molar-refractivity contribution in [2.75, 3.05) is 13.2 Å². The van der Waals surface area contributed by atoms with E-state index in [-0.39, 0.29) is 12.1 Å². The first-order valence-electron chi connectivity index (χ1n) is 6.28. The summed E-state index contributed by atoms with van der Waals surface area (Å²) < 4.78 is 5.49. The number of ether oxygens (including phenoxy) is 1. The maximum Gasteiger partial charge on any atom is 0.157 e. The third kappa shape index (κ3) is 3.75. The van der Waals surface area contributed by atoms with Gasteiger partial charge in [0.25, 0.3) is 0 Å². The van der Waals surface area contributed by atoms with Crippen LogP contribution in [0.25, 0.3) is 0 Å². The number of hydrogen-bond donors (Lipinski definition) is 1. The Labute approximate surface area is 104 Å². The highest BCUT2D eigenvalue weighted by atomic mass is 16.5. The molecule has 2 unspecified atom stereocenters. The predicted molar refractivity (Wildman–Crippen MR) is 68.9 cm³/mol. The van der Waals surface area contributed by atoms with Gasteiger partial charge >= 0.3 is 0 Å². The summed E-state index contributed by atoms with van der Waals surface area (Å²) in [5.41, 5.74) is 2.18. The molecule has 1 aromatic heterocycles. The second-order valence-electron chi connectivity index (χ2n) is 4.15. The van der Waals surface area contributed by atoms with Crippen LogP contribution in [0.5, 0.6) is 0 Å². The molecule has 2 atom stereocenters. The van der Waals surface area contributed by atoms with Gasteiger partial charge in [-0.3, -0.25) is 0 Å². The van der Waals surface area contributed by atoms with Crippen molar-refractivity contribution in [2.45, 2.75) is 46.8 Å². The molecule has 1 N–H and O–H groups in total. The van der Waals surface area contributed by atoms with E-state index < -0.39 is 0 Å². The van der Waals surface area contributed by atoms with Gasteiger partial charge in [-0.05, 0) is 34.2 Å². The van der Waals surface area contributed by atoms with Crippen LogP contribution in [0.4, 0.5) is 0 Å². The summed E-state index contributed by atoms with van der Waals surface area (Å²) >= 11 is 0. The van der Waals surface area contributed by atoms with Crippen molar-refractivity contribution in [3.8, 4) is 0 Å². The molecule has 0 aliphatic heterocycles. The van der Waals surface area contributed by atoms with Crippen molar-refractivity contribution in [2.24, 2.45) is 0 Å². The molecule has 0 saturated carbocycles. The van der Waals surface area contributed by atoms with Crippen LogP contribution < -0.4 is 5.32 Å². The predicted octanol–water partition coefficient (Wildman–Crippen LogP) is 2.55. The first-order valence-corrected chi connectivity index (χ1v) is 6.28. The fraction of sp³-hybridized carbons (Fsp3) is 0.692. The summed E-state index contributed by atoms with van der Waals surface area (Å²) in [5.74, 6) is 0.761. The Bertz CT molecular complexity index is 355. The van der Waals surface area contributed by atoms with Crippen LogP contribution in [0.2, 0.25) is 0 Å². The standard InChI is InChI=1S/C13H23N3O/c1-6-14-9(3)12-8-15-13(16-10(12)4)11(5)17-7-2/h8-9,11,14H,6-7H2,1-5H3. The smallest absolute Gasteiger partial charge is 0.157 e. The summed E-state index contributed by atoms with van der Waals surface area (Å²) in [6.45, 7) is 11.8. The zero-order valence-corrected chi connectivity index (χ0v) is 11.4. The number of nitrogens with zero attached hydrogens (tertiary/aromatic N) is 2. The van der Waals surface area contributed by atoms with Gasteiger partial charge in [0.05, 0.1) is 0 Å². The van der Waals surface area contributed by atoms with Gasteiger partial charge in [-0.15, -0.1) is 0 Å². The number of aryl methyl sites for hydroxylation is 1. The zero-order chi connectivity index (χ0) is 12.8. The Morgan fingerprint density at radius 3 is 2.59 bits per heavy atom. The van der Waals surface area contributed by atoms with Gasteiger partial charge in [0, 0.05) is 30.1 Å². The van der Waals surface area contributed by atoms with E-state index in [4.69, 9.17) is 4.74 Å². The molecule has 1 aromatic rings. The van der Waals surface area contributed by atoms with Crippen LogP contribution in [0.15, 0.2) is 6.20 Å². The van der Waals surface area contributed by atoms with Crippen molar-refractivity contribution in [1.82, 2.24) is 15.3 Å². The van der Waals surface area contributed by atoms with E-state index in [1.165, 1.54) is 0 Å². The molecule has 0 aliphatic carbocycles. The van der Waals surface area contributed by atoms with E-state index in [0.29, 0.717) is 6.61 Å². The molecule has 4 nitrogen and oxygen atoms in total. The Balaban J connectivity index is 2.85. The number of hydrogen-bond acceptors (Lipinski definition) is 4. The normalized spacial score (nSPS) is 14.6. The monoisotopic (exact) mass is 237 g/mol. The number of nitrogens with one attached hydrogen (secondary N) is 1. The molecule has 17 heavy (non-hydrogen) atoms. The second-order valence-corrected chi connectivity index (χ2v) is 4.15. The van der Waals surface area contributed by atoms with Crippen LogP contribution in [-0.4, -0.2) is 23.1 Å². The highest BCUT2D eigenvalue weighted by molar-refractivity contribution is 5.20. The van der Waals surface area contributed by atoms with Crippen LogP contribution in [-0.2, 0) is 4.74 Å². The summed E-state index contributed by atoms with van der Waals surface area (Å²) in [6.07, 6.45) is 1.86. The Morgan fingerprint density at radius 1 is 1.35 bits per heavy atom. The second kappa shape index (κ2) is 6.67. The van der Waals surface area contributed by atoms with Crippen molar-refractivity contribution < 1.29 is 4.74 Å². The molecule has 96 valence electrons. The van der Waals surface area contributed by atoms with Crippen molar-refractivity contribution in [3.63, 3.8) is 0 Å². The molecule has 1 rings (SSSR count). The molecule has 0 bridgehead atoms. The van der Waals surface area contributed by atoms with Gasteiger partial charge in [-0.1, -0.05) is 6.92 Å². The lowest BCUT2D eigenvalue weighted by atomic mass is 10.1. The lowest BCUT2D eigenvalue weighted by Gasteiger charge is -2.16. The Morgan fingerprint density at radius 2 is 2.06 bits per heavy atom. The minimum absolute atomic E-state index is 0.0396. The molecule has 0 radical (unpaired) electrons. The Kier molecular flexibility index (Phi) is 5.51. The van der Waals surface area contributed by atoms with E-state index in [1.807, 2.05) is 27.0 Å². The minimum Gasteiger partial charge on any atom is -0.371 e. The molecule has 0 aromatic carbocycles. The maximum absolute atomic E-state index is 5.49. The SMILES string of the molecule is CCNC(C)c1cnc(C(C)OCC)nc1C. The van der Waals surface area contributed by atoms with Crippen LogP contribution in [0, 0.1) is 6.92 Å². The van der Waals surface area contributed by atoms with Gasteiger partial charge in [0.1, 0.15) is 6.10 Å². The van der Waals surface area contributed by atoms with Gasteiger partial charge in [0.2, 0.25) is 0 Å². The number of rotatable bonds is 6. The van der Waals surface area contributed by atoms with Crippen molar-refractivity contribution in [3.05, 3.63) is 23.3 Å². The van der Waals surface area contributed by atoms with Crippen LogP contribution in [0.3, 0.4) is 0 Å². The molecule has 0 fully saturated rings. The van der Waals surface area contributed by atoms with Gasteiger partial charge in [-0.2, -0.15) is 0 Å². The first kappa shape index (κ1) is 14.1. The van der Waals surface area contributed by atoms with E-state index in [2.05, 4.69) is 29.1 Å². The van der Waals surface area contributed by atoms with E-state index in [1.54, 1.807) is 0 Å². The number of aromatic nitrogens is 2. The molecule has 0 saturated heterocycles. The quantitative estimate of drug-likeness (QED) is 0.826. The summed E-state index contributed by atoms with van der Waals surface area (Å²) in [4.78, 5) is 8.90. The topological polar surface area (TPSA) is 47.0 Å². The van der Waals surface area contributed by atoms with E-state index in [0.717, 1.165) is 23.6 Å². The average molecular weight is 237 g/mol. The first-order chi connectivity index (χ1) is 8.10.